The van der Waals surface area contributed by atoms with Crippen molar-refractivity contribution in [3.8, 4) is 0 Å². The third-order valence-electron chi connectivity index (χ3n) is 4.03. The average Bonchev–Trinajstić information content (AvgIpc) is 2.95. The Balaban J connectivity index is 1.66. The number of aromatic nitrogens is 1. The molecule has 0 aliphatic heterocycles. The Morgan fingerprint density at radius 2 is 2.09 bits per heavy atom. The van der Waals surface area contributed by atoms with Gasteiger partial charge in [-0.1, -0.05) is 31.5 Å². The molecule has 0 radical (unpaired) electrons. The molecular formula is C18H27N3O. The van der Waals surface area contributed by atoms with Gasteiger partial charge in [-0.15, -0.1) is 0 Å². The first-order valence-corrected chi connectivity index (χ1v) is 8.22. The molecule has 0 saturated carbocycles. The van der Waals surface area contributed by atoms with E-state index in [2.05, 4.69) is 41.6 Å². The van der Waals surface area contributed by atoms with Crippen molar-refractivity contribution in [2.45, 2.75) is 32.6 Å². The zero-order valence-corrected chi connectivity index (χ0v) is 13.7. The highest BCUT2D eigenvalue weighted by Gasteiger charge is 2.07. The fourth-order valence-corrected chi connectivity index (χ4v) is 2.59. The van der Waals surface area contributed by atoms with E-state index >= 15 is 0 Å². The summed E-state index contributed by atoms with van der Waals surface area (Å²) in [7, 11) is 1.89. The Morgan fingerprint density at radius 1 is 1.27 bits per heavy atom. The van der Waals surface area contributed by atoms with Gasteiger partial charge in [0.05, 0.1) is 0 Å². The molecule has 0 unspecified atom stereocenters. The molecule has 4 nitrogen and oxygen atoms in total. The standard InChI is InChI=1S/C18H27N3O/c1-3-4-13-21(2)18(22)10-12-19-11-9-15-14-20-17-8-6-5-7-16(15)17/h5-8,14,19-20H,3-4,9-13H2,1-2H3. The van der Waals surface area contributed by atoms with Crippen LogP contribution in [0.3, 0.4) is 0 Å². The number of rotatable bonds is 9. The molecule has 0 bridgehead atoms. The van der Waals surface area contributed by atoms with Crippen molar-refractivity contribution < 1.29 is 4.79 Å². The summed E-state index contributed by atoms with van der Waals surface area (Å²) in [6, 6.07) is 8.35. The molecule has 1 amide bonds. The molecule has 0 saturated heterocycles. The second-order valence-electron chi connectivity index (χ2n) is 5.78. The number of unbranched alkanes of at least 4 members (excludes halogenated alkanes) is 1. The van der Waals surface area contributed by atoms with Crippen LogP contribution in [0.4, 0.5) is 0 Å². The van der Waals surface area contributed by atoms with Crippen molar-refractivity contribution >= 4 is 16.8 Å². The lowest BCUT2D eigenvalue weighted by Gasteiger charge is -2.16. The zero-order valence-electron chi connectivity index (χ0n) is 13.7. The van der Waals surface area contributed by atoms with Gasteiger partial charge in [0.2, 0.25) is 5.91 Å². The van der Waals surface area contributed by atoms with E-state index < -0.39 is 0 Å². The van der Waals surface area contributed by atoms with Crippen LogP contribution < -0.4 is 5.32 Å². The minimum absolute atomic E-state index is 0.230. The van der Waals surface area contributed by atoms with Crippen LogP contribution in [-0.2, 0) is 11.2 Å². The number of amides is 1. The summed E-state index contributed by atoms with van der Waals surface area (Å²) in [4.78, 5) is 17.0. The largest absolute Gasteiger partial charge is 0.361 e. The normalized spacial score (nSPS) is 11.0. The SMILES string of the molecule is CCCCN(C)C(=O)CCNCCc1c[nH]c2ccccc12. The smallest absolute Gasteiger partial charge is 0.223 e. The molecule has 0 aliphatic carbocycles. The third-order valence-corrected chi connectivity index (χ3v) is 4.03. The summed E-state index contributed by atoms with van der Waals surface area (Å²) in [5.74, 6) is 0.230. The lowest BCUT2D eigenvalue weighted by atomic mass is 10.1. The topological polar surface area (TPSA) is 48.1 Å². The molecule has 22 heavy (non-hydrogen) atoms. The monoisotopic (exact) mass is 301 g/mol. The maximum absolute atomic E-state index is 11.9. The Morgan fingerprint density at radius 3 is 2.91 bits per heavy atom. The average molecular weight is 301 g/mol. The Labute approximate surface area is 132 Å². The number of benzene rings is 1. The van der Waals surface area contributed by atoms with E-state index in [1.165, 1.54) is 16.5 Å². The quantitative estimate of drug-likeness (QED) is 0.700. The number of H-pyrrole nitrogens is 1. The fraction of sp³-hybridized carbons (Fsp3) is 0.500. The van der Waals surface area contributed by atoms with Crippen molar-refractivity contribution in [3.05, 3.63) is 36.0 Å². The highest BCUT2D eigenvalue weighted by Crippen LogP contribution is 2.17. The van der Waals surface area contributed by atoms with E-state index in [0.29, 0.717) is 6.42 Å². The number of para-hydroxylation sites is 1. The summed E-state index contributed by atoms with van der Waals surface area (Å²) < 4.78 is 0. The van der Waals surface area contributed by atoms with Gasteiger partial charge < -0.3 is 15.2 Å². The van der Waals surface area contributed by atoms with E-state index in [0.717, 1.165) is 38.9 Å². The predicted octanol–water partition coefficient (Wildman–Crippen LogP) is 2.95. The van der Waals surface area contributed by atoms with Crippen molar-refractivity contribution in [3.63, 3.8) is 0 Å². The van der Waals surface area contributed by atoms with E-state index in [-0.39, 0.29) is 5.91 Å². The van der Waals surface area contributed by atoms with Crippen LogP contribution in [0.2, 0.25) is 0 Å². The van der Waals surface area contributed by atoms with Gasteiger partial charge in [0.25, 0.3) is 0 Å². The van der Waals surface area contributed by atoms with Crippen LogP contribution in [0.25, 0.3) is 10.9 Å². The van der Waals surface area contributed by atoms with Gasteiger partial charge >= 0.3 is 0 Å². The van der Waals surface area contributed by atoms with Gasteiger partial charge in [0, 0.05) is 43.7 Å². The van der Waals surface area contributed by atoms with Gasteiger partial charge in [-0.2, -0.15) is 0 Å². The first-order valence-electron chi connectivity index (χ1n) is 8.22. The third kappa shape index (κ3) is 4.60. The molecule has 1 aromatic heterocycles. The van der Waals surface area contributed by atoms with Crippen molar-refractivity contribution in [2.75, 3.05) is 26.7 Å². The van der Waals surface area contributed by atoms with Crippen LogP contribution >= 0.6 is 0 Å². The number of nitrogens with zero attached hydrogens (tertiary/aromatic N) is 1. The fourth-order valence-electron chi connectivity index (χ4n) is 2.59. The summed E-state index contributed by atoms with van der Waals surface area (Å²) in [6.45, 7) is 4.65. The molecule has 4 heteroatoms. The number of aromatic amines is 1. The number of hydrogen-bond donors (Lipinski definition) is 2. The summed E-state index contributed by atoms with van der Waals surface area (Å²) in [5, 5.41) is 4.66. The van der Waals surface area contributed by atoms with Crippen LogP contribution in [0.1, 0.15) is 31.7 Å². The number of fused-ring (bicyclic) bond motifs is 1. The first kappa shape index (κ1) is 16.6. The molecule has 2 aromatic rings. The molecular weight excluding hydrogens is 274 g/mol. The van der Waals surface area contributed by atoms with Gasteiger partial charge in [-0.25, -0.2) is 0 Å². The van der Waals surface area contributed by atoms with E-state index in [4.69, 9.17) is 0 Å². The van der Waals surface area contributed by atoms with Crippen molar-refractivity contribution in [1.29, 1.82) is 0 Å². The molecule has 0 aliphatic rings. The highest BCUT2D eigenvalue weighted by atomic mass is 16.2. The molecule has 2 rings (SSSR count). The molecule has 0 spiro atoms. The Kier molecular flexibility index (Phi) is 6.46. The van der Waals surface area contributed by atoms with Crippen molar-refractivity contribution in [1.82, 2.24) is 15.2 Å². The molecule has 0 atom stereocenters. The molecule has 120 valence electrons. The lowest BCUT2D eigenvalue weighted by Crippen LogP contribution is -2.31. The zero-order chi connectivity index (χ0) is 15.8. The van der Waals surface area contributed by atoms with E-state index in [1.807, 2.05) is 18.0 Å². The van der Waals surface area contributed by atoms with Crippen molar-refractivity contribution in [2.24, 2.45) is 0 Å². The van der Waals surface area contributed by atoms with Gasteiger partial charge in [-0.05, 0) is 31.0 Å². The molecule has 0 fully saturated rings. The molecule has 1 heterocycles. The van der Waals surface area contributed by atoms with Gasteiger partial charge in [0.15, 0.2) is 0 Å². The Bertz CT molecular complexity index is 591. The first-order chi connectivity index (χ1) is 10.7. The maximum atomic E-state index is 11.9. The second-order valence-corrected chi connectivity index (χ2v) is 5.78. The van der Waals surface area contributed by atoms with E-state index in [9.17, 15) is 4.79 Å². The van der Waals surface area contributed by atoms with Gasteiger partial charge in [-0.3, -0.25) is 4.79 Å². The molecule has 1 aromatic carbocycles. The highest BCUT2D eigenvalue weighted by molar-refractivity contribution is 5.83. The summed E-state index contributed by atoms with van der Waals surface area (Å²) >= 11 is 0. The summed E-state index contributed by atoms with van der Waals surface area (Å²) in [6.07, 6.45) is 5.84. The number of hydrogen-bond acceptors (Lipinski definition) is 2. The van der Waals surface area contributed by atoms with Crippen LogP contribution in [0.15, 0.2) is 30.5 Å². The second kappa shape index (κ2) is 8.59. The predicted molar refractivity (Wildman–Crippen MR) is 92.0 cm³/mol. The minimum Gasteiger partial charge on any atom is -0.361 e. The van der Waals surface area contributed by atoms with Crippen LogP contribution in [0.5, 0.6) is 0 Å². The lowest BCUT2D eigenvalue weighted by molar-refractivity contribution is -0.129. The number of nitrogens with one attached hydrogen (secondary N) is 2. The van der Waals surface area contributed by atoms with Crippen LogP contribution in [-0.4, -0.2) is 42.5 Å². The molecule has 2 N–H and O–H groups in total. The van der Waals surface area contributed by atoms with Gasteiger partial charge in [0.1, 0.15) is 0 Å². The summed E-state index contributed by atoms with van der Waals surface area (Å²) in [5.41, 5.74) is 2.51. The minimum atomic E-state index is 0.230. The maximum Gasteiger partial charge on any atom is 0.223 e. The number of carbonyl (C=O) groups excluding carboxylic acids is 1. The Hall–Kier alpha value is -1.81. The number of carbonyl (C=O) groups is 1. The van der Waals surface area contributed by atoms with E-state index in [1.54, 1.807) is 0 Å². The van der Waals surface area contributed by atoms with Crippen LogP contribution in [0, 0.1) is 0 Å².